The third-order valence-corrected chi connectivity index (χ3v) is 3.29. The lowest BCUT2D eigenvalue weighted by molar-refractivity contribution is -0.0955. The molecule has 0 heterocycles. The minimum Gasteiger partial charge on any atom is -0.289 e. The van der Waals surface area contributed by atoms with Crippen LogP contribution in [0.15, 0.2) is 40.4 Å². The van der Waals surface area contributed by atoms with E-state index in [4.69, 9.17) is 0 Å². The molecule has 2 rings (SSSR count). The van der Waals surface area contributed by atoms with Crippen LogP contribution < -0.4 is 0 Å². The minimum absolute atomic E-state index is 0.264. The molecule has 0 amide bonds. The molecule has 1 aromatic carbocycles. The summed E-state index contributed by atoms with van der Waals surface area (Å²) in [5.74, 6) is -1.09. The fraction of sp³-hybridized carbons (Fsp3) is 0.308. The molecule has 1 fully saturated rings. The van der Waals surface area contributed by atoms with Gasteiger partial charge in [-0.25, -0.2) is 0 Å². The molecule has 5 heteroatoms. The van der Waals surface area contributed by atoms with Crippen molar-refractivity contribution in [3.63, 3.8) is 0 Å². The van der Waals surface area contributed by atoms with Crippen molar-refractivity contribution in [1.82, 2.24) is 0 Å². The van der Waals surface area contributed by atoms with Crippen molar-refractivity contribution >= 4 is 21.7 Å². The van der Waals surface area contributed by atoms with Gasteiger partial charge in [0.15, 0.2) is 5.78 Å². The summed E-state index contributed by atoms with van der Waals surface area (Å²) in [6.45, 7) is 0. The summed E-state index contributed by atoms with van der Waals surface area (Å²) in [5.41, 5.74) is -0.434. The summed E-state index contributed by atoms with van der Waals surface area (Å²) in [5, 5.41) is 0. The van der Waals surface area contributed by atoms with Crippen molar-refractivity contribution in [3.8, 4) is 0 Å². The number of carbonyl (C=O) groups is 1. The van der Waals surface area contributed by atoms with Gasteiger partial charge in [0.25, 0.3) is 0 Å². The molecule has 0 unspecified atom stereocenters. The molecule has 96 valence electrons. The average molecular weight is 319 g/mol. The van der Waals surface area contributed by atoms with E-state index in [1.165, 1.54) is 12.1 Å². The van der Waals surface area contributed by atoms with Crippen LogP contribution in [0.2, 0.25) is 0 Å². The van der Waals surface area contributed by atoms with Gasteiger partial charge in [-0.3, -0.25) is 4.79 Å². The summed E-state index contributed by atoms with van der Waals surface area (Å²) in [7, 11) is 0. The standard InChI is InChI=1S/C13H10BrF3O/c14-10-5-3-9(4-6-10)12(18)7-11(8-1-2-8)13(15,16)17/h3-8H,1-2H2/b11-7+. The van der Waals surface area contributed by atoms with Crippen LogP contribution in [0.5, 0.6) is 0 Å². The maximum atomic E-state index is 12.7. The highest BCUT2D eigenvalue weighted by molar-refractivity contribution is 9.10. The van der Waals surface area contributed by atoms with Gasteiger partial charge in [0, 0.05) is 15.6 Å². The van der Waals surface area contributed by atoms with Crippen LogP contribution in [-0.4, -0.2) is 12.0 Å². The number of carbonyl (C=O) groups excluding carboxylic acids is 1. The molecular formula is C13H10BrF3O. The first-order valence-corrected chi connectivity index (χ1v) is 6.26. The van der Waals surface area contributed by atoms with Crippen molar-refractivity contribution in [2.45, 2.75) is 19.0 Å². The van der Waals surface area contributed by atoms with Gasteiger partial charge in [0.2, 0.25) is 0 Å². The highest BCUT2D eigenvalue weighted by atomic mass is 79.9. The van der Waals surface area contributed by atoms with Crippen LogP contribution in [0, 0.1) is 5.92 Å². The lowest BCUT2D eigenvalue weighted by Crippen LogP contribution is -2.15. The zero-order valence-electron chi connectivity index (χ0n) is 9.30. The molecular weight excluding hydrogens is 309 g/mol. The molecule has 0 spiro atoms. The van der Waals surface area contributed by atoms with Crippen molar-refractivity contribution in [1.29, 1.82) is 0 Å². The average Bonchev–Trinajstić information content (AvgIpc) is 3.08. The Morgan fingerprint density at radius 2 is 1.78 bits per heavy atom. The molecule has 1 saturated carbocycles. The Hall–Kier alpha value is -1.10. The molecule has 0 saturated heterocycles. The number of allylic oxidation sites excluding steroid dienone is 2. The Labute approximate surface area is 111 Å². The zero-order valence-corrected chi connectivity index (χ0v) is 10.9. The number of hydrogen-bond acceptors (Lipinski definition) is 1. The molecule has 0 radical (unpaired) electrons. The fourth-order valence-corrected chi connectivity index (χ4v) is 1.93. The summed E-state index contributed by atoms with van der Waals surface area (Å²) in [4.78, 5) is 11.8. The normalized spacial score (nSPS) is 16.8. The van der Waals surface area contributed by atoms with Crippen molar-refractivity contribution < 1.29 is 18.0 Å². The van der Waals surface area contributed by atoms with Gasteiger partial charge in [-0.1, -0.05) is 15.9 Å². The van der Waals surface area contributed by atoms with Crippen molar-refractivity contribution in [2.75, 3.05) is 0 Å². The van der Waals surface area contributed by atoms with Gasteiger partial charge < -0.3 is 0 Å². The fourth-order valence-electron chi connectivity index (χ4n) is 1.66. The number of ketones is 1. The first kappa shape index (κ1) is 13.3. The van der Waals surface area contributed by atoms with Crippen LogP contribution in [-0.2, 0) is 0 Å². The number of hydrogen-bond donors (Lipinski definition) is 0. The highest BCUT2D eigenvalue weighted by Gasteiger charge is 2.43. The first-order chi connectivity index (χ1) is 8.38. The SMILES string of the molecule is O=C(/C=C(\C1CC1)C(F)(F)F)c1ccc(Br)cc1. The van der Waals surface area contributed by atoms with Crippen LogP contribution in [0.25, 0.3) is 0 Å². The quantitative estimate of drug-likeness (QED) is 0.591. The molecule has 0 N–H and O–H groups in total. The number of benzene rings is 1. The number of halogens is 4. The lowest BCUT2D eigenvalue weighted by Gasteiger charge is -2.10. The predicted octanol–water partition coefficient (Wildman–Crippen LogP) is 4.53. The van der Waals surface area contributed by atoms with Gasteiger partial charge in [-0.15, -0.1) is 0 Å². The Kier molecular flexibility index (Phi) is 3.61. The summed E-state index contributed by atoms with van der Waals surface area (Å²) in [6, 6.07) is 6.27. The van der Waals surface area contributed by atoms with E-state index in [-0.39, 0.29) is 5.56 Å². The molecule has 1 nitrogen and oxygen atoms in total. The molecule has 0 atom stereocenters. The predicted molar refractivity (Wildman–Crippen MR) is 65.3 cm³/mol. The van der Waals surface area contributed by atoms with E-state index in [2.05, 4.69) is 15.9 Å². The van der Waals surface area contributed by atoms with E-state index >= 15 is 0 Å². The highest BCUT2D eigenvalue weighted by Crippen LogP contribution is 2.44. The van der Waals surface area contributed by atoms with Gasteiger partial charge in [-0.2, -0.15) is 13.2 Å². The van der Waals surface area contributed by atoms with E-state index < -0.39 is 23.5 Å². The molecule has 0 aromatic heterocycles. The molecule has 1 aliphatic rings. The Balaban J connectivity index is 2.25. The zero-order chi connectivity index (χ0) is 13.3. The third kappa shape index (κ3) is 3.22. The molecule has 1 aliphatic carbocycles. The first-order valence-electron chi connectivity index (χ1n) is 5.46. The smallest absolute Gasteiger partial charge is 0.289 e. The summed E-state index contributed by atoms with van der Waals surface area (Å²) < 4.78 is 38.9. The van der Waals surface area contributed by atoms with Crippen LogP contribution >= 0.6 is 15.9 Å². The Bertz CT molecular complexity index is 484. The van der Waals surface area contributed by atoms with Crippen LogP contribution in [0.3, 0.4) is 0 Å². The molecule has 0 bridgehead atoms. The van der Waals surface area contributed by atoms with Crippen molar-refractivity contribution in [3.05, 3.63) is 46.0 Å². The molecule has 0 aliphatic heterocycles. The van der Waals surface area contributed by atoms with Crippen LogP contribution in [0.4, 0.5) is 13.2 Å². The van der Waals surface area contributed by atoms with E-state index in [1.54, 1.807) is 12.1 Å². The monoisotopic (exact) mass is 318 g/mol. The van der Waals surface area contributed by atoms with Crippen LogP contribution in [0.1, 0.15) is 23.2 Å². The number of alkyl halides is 3. The summed E-state index contributed by atoms with van der Waals surface area (Å²) in [6.07, 6.45) is -2.65. The van der Waals surface area contributed by atoms with E-state index in [0.717, 1.165) is 10.5 Å². The lowest BCUT2D eigenvalue weighted by atomic mass is 10.0. The van der Waals surface area contributed by atoms with E-state index in [9.17, 15) is 18.0 Å². The molecule has 1 aromatic rings. The van der Waals surface area contributed by atoms with E-state index in [0.29, 0.717) is 12.8 Å². The second-order valence-electron chi connectivity index (χ2n) is 4.24. The van der Waals surface area contributed by atoms with Gasteiger partial charge in [-0.05, 0) is 49.1 Å². The Morgan fingerprint density at radius 3 is 2.22 bits per heavy atom. The van der Waals surface area contributed by atoms with Gasteiger partial charge >= 0.3 is 6.18 Å². The Morgan fingerprint density at radius 1 is 1.22 bits per heavy atom. The van der Waals surface area contributed by atoms with Crippen molar-refractivity contribution in [2.24, 2.45) is 5.92 Å². The summed E-state index contributed by atoms with van der Waals surface area (Å²) >= 11 is 3.20. The number of rotatable bonds is 3. The maximum absolute atomic E-state index is 12.7. The van der Waals surface area contributed by atoms with E-state index in [1.807, 2.05) is 0 Å². The topological polar surface area (TPSA) is 17.1 Å². The minimum atomic E-state index is -4.41. The molecule has 18 heavy (non-hydrogen) atoms. The van der Waals surface area contributed by atoms with Gasteiger partial charge in [0.05, 0.1) is 0 Å². The van der Waals surface area contributed by atoms with Gasteiger partial charge in [0.1, 0.15) is 0 Å². The second-order valence-corrected chi connectivity index (χ2v) is 5.16. The second kappa shape index (κ2) is 4.88. The largest absolute Gasteiger partial charge is 0.413 e. The third-order valence-electron chi connectivity index (χ3n) is 2.76. The maximum Gasteiger partial charge on any atom is 0.413 e.